The summed E-state index contributed by atoms with van der Waals surface area (Å²) in [6.07, 6.45) is 0. The van der Waals surface area contributed by atoms with E-state index in [-0.39, 0.29) is 0 Å². The van der Waals surface area contributed by atoms with Crippen LogP contribution >= 0.6 is 11.8 Å². The van der Waals surface area contributed by atoms with Crippen LogP contribution in [-0.4, -0.2) is 19.3 Å². The van der Waals surface area contributed by atoms with E-state index in [1.165, 1.54) is 27.5 Å². The Morgan fingerprint density at radius 1 is 1.11 bits per heavy atom. The SMILES string of the molecule is Cc1ccccc1N(C)CC1CSc2ccccc21. The average Bonchev–Trinajstić information content (AvgIpc) is 2.83. The molecule has 19 heavy (non-hydrogen) atoms. The first-order chi connectivity index (χ1) is 9.25. The Morgan fingerprint density at radius 3 is 2.68 bits per heavy atom. The Balaban J connectivity index is 1.78. The highest BCUT2D eigenvalue weighted by Crippen LogP contribution is 2.40. The summed E-state index contributed by atoms with van der Waals surface area (Å²) in [5, 5.41) is 0. The maximum atomic E-state index is 2.39. The van der Waals surface area contributed by atoms with E-state index < -0.39 is 0 Å². The smallest absolute Gasteiger partial charge is 0.0393 e. The van der Waals surface area contributed by atoms with Gasteiger partial charge < -0.3 is 4.90 Å². The molecule has 0 amide bonds. The summed E-state index contributed by atoms with van der Waals surface area (Å²) >= 11 is 1.99. The van der Waals surface area contributed by atoms with Crippen molar-refractivity contribution in [2.24, 2.45) is 0 Å². The molecule has 0 radical (unpaired) electrons. The van der Waals surface area contributed by atoms with Crippen molar-refractivity contribution >= 4 is 17.4 Å². The highest BCUT2D eigenvalue weighted by Gasteiger charge is 2.24. The summed E-state index contributed by atoms with van der Waals surface area (Å²) in [5.74, 6) is 1.85. The Kier molecular flexibility index (Phi) is 3.52. The van der Waals surface area contributed by atoms with Gasteiger partial charge in [0.1, 0.15) is 0 Å². The van der Waals surface area contributed by atoms with Crippen LogP contribution in [0.4, 0.5) is 5.69 Å². The summed E-state index contributed by atoms with van der Waals surface area (Å²) in [6.45, 7) is 3.28. The van der Waals surface area contributed by atoms with Gasteiger partial charge in [0.15, 0.2) is 0 Å². The van der Waals surface area contributed by atoms with Gasteiger partial charge in [-0.05, 0) is 30.2 Å². The predicted molar refractivity (Wildman–Crippen MR) is 84.4 cm³/mol. The van der Waals surface area contributed by atoms with Crippen molar-refractivity contribution in [2.45, 2.75) is 17.7 Å². The van der Waals surface area contributed by atoms with E-state index in [0.29, 0.717) is 5.92 Å². The minimum atomic E-state index is 0.644. The molecule has 0 saturated carbocycles. The van der Waals surface area contributed by atoms with Crippen molar-refractivity contribution in [3.63, 3.8) is 0 Å². The molecule has 1 aliphatic rings. The maximum absolute atomic E-state index is 2.39. The molecule has 98 valence electrons. The molecule has 2 heteroatoms. The third-order valence-corrected chi connectivity index (χ3v) is 5.07. The first-order valence-corrected chi connectivity index (χ1v) is 7.73. The van der Waals surface area contributed by atoms with Gasteiger partial charge in [-0.1, -0.05) is 36.4 Å². The summed E-state index contributed by atoms with van der Waals surface area (Å²) in [6, 6.07) is 17.4. The second-order valence-corrected chi connectivity index (χ2v) is 6.27. The molecule has 3 rings (SSSR count). The molecule has 1 nitrogen and oxygen atoms in total. The third kappa shape index (κ3) is 2.50. The van der Waals surface area contributed by atoms with Crippen LogP contribution < -0.4 is 4.90 Å². The molecular formula is C17H19NS. The van der Waals surface area contributed by atoms with E-state index in [9.17, 15) is 0 Å². The number of anilines is 1. The first kappa shape index (κ1) is 12.6. The van der Waals surface area contributed by atoms with Crippen molar-refractivity contribution in [1.29, 1.82) is 0 Å². The van der Waals surface area contributed by atoms with E-state index >= 15 is 0 Å². The van der Waals surface area contributed by atoms with E-state index in [1.807, 2.05) is 11.8 Å². The number of aryl methyl sites for hydroxylation is 1. The number of likely N-dealkylation sites (N-methyl/N-ethyl adjacent to an activating group) is 1. The Labute approximate surface area is 119 Å². The zero-order valence-corrected chi connectivity index (χ0v) is 12.3. The fourth-order valence-corrected chi connectivity index (χ4v) is 4.04. The van der Waals surface area contributed by atoms with Gasteiger partial charge in [0.25, 0.3) is 0 Å². The van der Waals surface area contributed by atoms with E-state index in [1.54, 1.807) is 0 Å². The van der Waals surface area contributed by atoms with Gasteiger partial charge in [-0.15, -0.1) is 11.8 Å². The molecule has 1 heterocycles. The molecule has 1 unspecified atom stereocenters. The number of para-hydroxylation sites is 1. The zero-order valence-electron chi connectivity index (χ0n) is 11.5. The highest BCUT2D eigenvalue weighted by atomic mass is 32.2. The monoisotopic (exact) mass is 269 g/mol. The lowest BCUT2D eigenvalue weighted by atomic mass is 10.0. The van der Waals surface area contributed by atoms with Crippen molar-refractivity contribution in [1.82, 2.24) is 0 Å². The van der Waals surface area contributed by atoms with Crippen molar-refractivity contribution in [3.05, 3.63) is 59.7 Å². The molecular weight excluding hydrogens is 250 g/mol. The van der Waals surface area contributed by atoms with Gasteiger partial charge in [-0.25, -0.2) is 0 Å². The normalized spacial score (nSPS) is 17.3. The summed E-state index contributed by atoms with van der Waals surface area (Å²) in [5.41, 5.74) is 4.22. The third-order valence-electron chi connectivity index (χ3n) is 3.82. The van der Waals surface area contributed by atoms with Crippen LogP contribution in [0.15, 0.2) is 53.4 Å². The van der Waals surface area contributed by atoms with E-state index in [0.717, 1.165) is 6.54 Å². The van der Waals surface area contributed by atoms with Crippen molar-refractivity contribution < 1.29 is 0 Å². The second-order valence-electron chi connectivity index (χ2n) is 5.21. The lowest BCUT2D eigenvalue weighted by Gasteiger charge is -2.25. The van der Waals surface area contributed by atoms with Crippen LogP contribution in [0, 0.1) is 6.92 Å². The molecule has 0 aliphatic carbocycles. The Bertz CT molecular complexity index is 579. The Morgan fingerprint density at radius 2 is 1.84 bits per heavy atom. The summed E-state index contributed by atoms with van der Waals surface area (Å²) < 4.78 is 0. The second kappa shape index (κ2) is 5.30. The highest BCUT2D eigenvalue weighted by molar-refractivity contribution is 7.99. The van der Waals surface area contributed by atoms with Crippen LogP contribution in [0.3, 0.4) is 0 Å². The maximum Gasteiger partial charge on any atom is 0.0393 e. The van der Waals surface area contributed by atoms with Crippen LogP contribution in [0.25, 0.3) is 0 Å². The minimum Gasteiger partial charge on any atom is -0.374 e. The molecule has 0 bridgehead atoms. The van der Waals surface area contributed by atoms with Gasteiger partial charge in [-0.2, -0.15) is 0 Å². The molecule has 0 N–H and O–H groups in total. The summed E-state index contributed by atoms with van der Waals surface area (Å²) in [4.78, 5) is 3.86. The van der Waals surface area contributed by atoms with Gasteiger partial charge in [0.05, 0.1) is 0 Å². The number of rotatable bonds is 3. The van der Waals surface area contributed by atoms with Crippen LogP contribution in [0.1, 0.15) is 17.0 Å². The lowest BCUT2D eigenvalue weighted by Crippen LogP contribution is -2.24. The number of hydrogen-bond donors (Lipinski definition) is 0. The lowest BCUT2D eigenvalue weighted by molar-refractivity contribution is 0.743. The zero-order chi connectivity index (χ0) is 13.2. The quantitative estimate of drug-likeness (QED) is 0.816. The number of fused-ring (bicyclic) bond motifs is 1. The molecule has 1 aliphatic heterocycles. The fourth-order valence-electron chi connectivity index (χ4n) is 2.80. The first-order valence-electron chi connectivity index (χ1n) is 6.74. The molecule has 1 atom stereocenters. The number of thioether (sulfide) groups is 1. The molecule has 2 aromatic rings. The van der Waals surface area contributed by atoms with Crippen LogP contribution in [0.5, 0.6) is 0 Å². The number of nitrogens with zero attached hydrogens (tertiary/aromatic N) is 1. The molecule has 2 aromatic carbocycles. The van der Waals surface area contributed by atoms with Crippen LogP contribution in [-0.2, 0) is 0 Å². The standard InChI is InChI=1S/C17H19NS/c1-13-7-3-5-9-16(13)18(2)11-14-12-19-17-10-6-4-8-15(14)17/h3-10,14H,11-12H2,1-2H3. The molecule has 0 spiro atoms. The molecule has 0 fully saturated rings. The minimum absolute atomic E-state index is 0.644. The van der Waals surface area contributed by atoms with E-state index in [2.05, 4.69) is 67.4 Å². The van der Waals surface area contributed by atoms with Crippen LogP contribution in [0.2, 0.25) is 0 Å². The van der Waals surface area contributed by atoms with Crippen molar-refractivity contribution in [2.75, 3.05) is 24.2 Å². The van der Waals surface area contributed by atoms with Gasteiger partial charge in [0, 0.05) is 35.8 Å². The summed E-state index contributed by atoms with van der Waals surface area (Å²) in [7, 11) is 2.20. The predicted octanol–water partition coefficient (Wildman–Crippen LogP) is 4.32. The largest absolute Gasteiger partial charge is 0.374 e. The molecule has 0 saturated heterocycles. The van der Waals surface area contributed by atoms with Gasteiger partial charge >= 0.3 is 0 Å². The number of benzene rings is 2. The Hall–Kier alpha value is -1.41. The average molecular weight is 269 g/mol. The number of hydrogen-bond acceptors (Lipinski definition) is 2. The van der Waals surface area contributed by atoms with Gasteiger partial charge in [-0.3, -0.25) is 0 Å². The molecule has 0 aromatic heterocycles. The fraction of sp³-hybridized carbons (Fsp3) is 0.294. The van der Waals surface area contributed by atoms with E-state index in [4.69, 9.17) is 0 Å². The van der Waals surface area contributed by atoms with Gasteiger partial charge in [0.2, 0.25) is 0 Å². The topological polar surface area (TPSA) is 3.24 Å². The van der Waals surface area contributed by atoms with Crippen molar-refractivity contribution in [3.8, 4) is 0 Å².